The number of rotatable bonds is 6. The van der Waals surface area contributed by atoms with E-state index in [9.17, 15) is 4.79 Å². The second-order valence-electron chi connectivity index (χ2n) is 5.86. The summed E-state index contributed by atoms with van der Waals surface area (Å²) in [6, 6.07) is 13.6. The van der Waals surface area contributed by atoms with Gasteiger partial charge in [-0.15, -0.1) is 11.3 Å². The van der Waals surface area contributed by atoms with Crippen molar-refractivity contribution in [2.75, 3.05) is 12.4 Å². The predicted molar refractivity (Wildman–Crippen MR) is 106 cm³/mol. The normalized spacial score (nSPS) is 10.8. The summed E-state index contributed by atoms with van der Waals surface area (Å²) < 4.78 is 6.19. The summed E-state index contributed by atoms with van der Waals surface area (Å²) in [6.07, 6.45) is 3.41. The summed E-state index contributed by atoms with van der Waals surface area (Å²) >= 11 is 7.81. The molecule has 1 heterocycles. The smallest absolute Gasteiger partial charge is 0.267 e. The first-order chi connectivity index (χ1) is 12.1. The highest BCUT2D eigenvalue weighted by molar-refractivity contribution is 7.21. The van der Waals surface area contributed by atoms with E-state index in [1.165, 1.54) is 29.7 Å². The molecule has 0 unspecified atom stereocenters. The molecule has 0 bridgehead atoms. The third kappa shape index (κ3) is 3.97. The van der Waals surface area contributed by atoms with Gasteiger partial charge in [0.2, 0.25) is 0 Å². The molecule has 3 aromatic rings. The Hall–Kier alpha value is -2.04. The van der Waals surface area contributed by atoms with Crippen molar-refractivity contribution < 1.29 is 9.53 Å². The highest BCUT2D eigenvalue weighted by atomic mass is 35.5. The molecule has 3 nitrogen and oxygen atoms in total. The summed E-state index contributed by atoms with van der Waals surface area (Å²) in [7, 11) is 1.61. The van der Waals surface area contributed by atoms with Crippen molar-refractivity contribution in [2.45, 2.75) is 26.2 Å². The number of carbonyl (C=O) groups excluding carboxylic acids is 1. The molecule has 0 spiro atoms. The minimum absolute atomic E-state index is 0.188. The number of halogens is 1. The number of aryl methyl sites for hydroxylation is 1. The molecule has 0 aliphatic heterocycles. The lowest BCUT2D eigenvalue weighted by atomic mass is 10.1. The Balaban J connectivity index is 1.79. The molecule has 0 aliphatic carbocycles. The van der Waals surface area contributed by atoms with Crippen molar-refractivity contribution in [1.29, 1.82) is 0 Å². The van der Waals surface area contributed by atoms with Crippen LogP contribution in [0.4, 0.5) is 5.69 Å². The van der Waals surface area contributed by atoms with Crippen LogP contribution in [0.2, 0.25) is 5.02 Å². The molecule has 0 atom stereocenters. The van der Waals surface area contributed by atoms with Crippen molar-refractivity contribution in [1.82, 2.24) is 0 Å². The average molecular weight is 374 g/mol. The molecule has 25 heavy (non-hydrogen) atoms. The Labute approximate surface area is 156 Å². The zero-order chi connectivity index (χ0) is 17.8. The number of ether oxygens (including phenoxy) is 1. The van der Waals surface area contributed by atoms with Crippen molar-refractivity contribution in [2.24, 2.45) is 0 Å². The van der Waals surface area contributed by atoms with Gasteiger partial charge in [0.1, 0.15) is 10.6 Å². The van der Waals surface area contributed by atoms with Crippen LogP contribution in [-0.4, -0.2) is 13.0 Å². The van der Waals surface area contributed by atoms with Crippen molar-refractivity contribution in [3.63, 3.8) is 0 Å². The predicted octanol–water partition coefficient (Wildman–Crippen LogP) is 6.16. The molecule has 2 aromatic carbocycles. The Morgan fingerprint density at radius 3 is 2.64 bits per heavy atom. The number of amides is 1. The SMILES string of the molecule is CCCCc1ccc(NC(=O)c2sc3ccc(OC)cc3c2Cl)cc1. The van der Waals surface area contributed by atoms with E-state index in [2.05, 4.69) is 24.4 Å². The number of anilines is 1. The van der Waals surface area contributed by atoms with Crippen LogP contribution in [-0.2, 0) is 6.42 Å². The fourth-order valence-electron chi connectivity index (χ4n) is 2.64. The number of carbonyl (C=O) groups is 1. The van der Waals surface area contributed by atoms with Gasteiger partial charge in [0.15, 0.2) is 0 Å². The maximum atomic E-state index is 12.6. The lowest BCUT2D eigenvalue weighted by molar-refractivity contribution is 0.103. The molecule has 0 fully saturated rings. The number of methoxy groups -OCH3 is 1. The number of unbranched alkanes of at least 4 members (excludes halogenated alkanes) is 1. The molecule has 0 saturated carbocycles. The number of hydrogen-bond donors (Lipinski definition) is 1. The van der Waals surface area contributed by atoms with Gasteiger partial charge in [-0.2, -0.15) is 0 Å². The molecule has 5 heteroatoms. The minimum atomic E-state index is -0.188. The molecular weight excluding hydrogens is 354 g/mol. The third-order valence-electron chi connectivity index (χ3n) is 4.07. The summed E-state index contributed by atoms with van der Waals surface area (Å²) in [6.45, 7) is 2.18. The van der Waals surface area contributed by atoms with Crippen LogP contribution in [0.1, 0.15) is 35.0 Å². The van der Waals surface area contributed by atoms with Gasteiger partial charge in [-0.25, -0.2) is 0 Å². The number of thiophene rings is 1. The van der Waals surface area contributed by atoms with E-state index in [-0.39, 0.29) is 5.91 Å². The van der Waals surface area contributed by atoms with Crippen molar-refractivity contribution >= 4 is 44.6 Å². The minimum Gasteiger partial charge on any atom is -0.497 e. The van der Waals surface area contributed by atoms with Gasteiger partial charge in [-0.1, -0.05) is 37.1 Å². The lowest BCUT2D eigenvalue weighted by Gasteiger charge is -2.06. The fourth-order valence-corrected chi connectivity index (χ4v) is 4.03. The first kappa shape index (κ1) is 17.8. The molecule has 1 aromatic heterocycles. The van der Waals surface area contributed by atoms with Gasteiger partial charge in [0.25, 0.3) is 5.91 Å². The molecule has 1 amide bonds. The van der Waals surface area contributed by atoms with Crippen LogP contribution < -0.4 is 10.1 Å². The van der Waals surface area contributed by atoms with Gasteiger partial charge in [-0.3, -0.25) is 4.79 Å². The largest absolute Gasteiger partial charge is 0.497 e. The maximum absolute atomic E-state index is 12.6. The third-order valence-corrected chi connectivity index (χ3v) is 5.75. The van der Waals surface area contributed by atoms with Crippen LogP contribution in [0, 0.1) is 0 Å². The monoisotopic (exact) mass is 373 g/mol. The number of benzene rings is 2. The standard InChI is InChI=1S/C20H20ClNO2S/c1-3-4-5-13-6-8-14(9-7-13)22-20(23)19-18(21)16-12-15(24-2)10-11-17(16)25-19/h6-12H,3-5H2,1-2H3,(H,22,23). The molecule has 0 radical (unpaired) electrons. The highest BCUT2D eigenvalue weighted by Gasteiger charge is 2.17. The molecule has 1 N–H and O–H groups in total. The van der Waals surface area contributed by atoms with Gasteiger partial charge in [0, 0.05) is 15.8 Å². The highest BCUT2D eigenvalue weighted by Crippen LogP contribution is 2.37. The van der Waals surface area contributed by atoms with E-state index < -0.39 is 0 Å². The van der Waals surface area contributed by atoms with E-state index in [4.69, 9.17) is 16.3 Å². The summed E-state index contributed by atoms with van der Waals surface area (Å²) in [5.74, 6) is 0.535. The first-order valence-electron chi connectivity index (χ1n) is 8.28. The van der Waals surface area contributed by atoms with Gasteiger partial charge in [0.05, 0.1) is 12.1 Å². The number of nitrogens with one attached hydrogen (secondary N) is 1. The second kappa shape index (κ2) is 7.89. The number of fused-ring (bicyclic) bond motifs is 1. The Morgan fingerprint density at radius 1 is 1.20 bits per heavy atom. The average Bonchev–Trinajstić information content (AvgIpc) is 2.97. The van der Waals surface area contributed by atoms with Gasteiger partial charge < -0.3 is 10.1 Å². The Kier molecular flexibility index (Phi) is 5.61. The van der Waals surface area contributed by atoms with Gasteiger partial charge >= 0.3 is 0 Å². The molecule has 0 saturated heterocycles. The van der Waals surface area contributed by atoms with Gasteiger partial charge in [-0.05, 0) is 48.7 Å². The molecule has 0 aliphatic rings. The van der Waals surface area contributed by atoms with Crippen LogP contribution in [0.5, 0.6) is 5.75 Å². The summed E-state index contributed by atoms with van der Waals surface area (Å²) in [4.78, 5) is 13.1. The summed E-state index contributed by atoms with van der Waals surface area (Å²) in [5, 5.41) is 4.24. The Bertz CT molecular complexity index is 887. The molecular formula is C20H20ClNO2S. The van der Waals surface area contributed by atoms with E-state index >= 15 is 0 Å². The fraction of sp³-hybridized carbons (Fsp3) is 0.250. The molecule has 3 rings (SSSR count). The van der Waals surface area contributed by atoms with E-state index in [1.807, 2.05) is 30.3 Å². The summed E-state index contributed by atoms with van der Waals surface area (Å²) in [5.41, 5.74) is 2.06. The molecule has 130 valence electrons. The van der Waals surface area contributed by atoms with E-state index in [1.54, 1.807) is 7.11 Å². The Morgan fingerprint density at radius 2 is 1.96 bits per heavy atom. The van der Waals surface area contributed by atoms with Crippen LogP contribution in [0.3, 0.4) is 0 Å². The topological polar surface area (TPSA) is 38.3 Å². The van der Waals surface area contributed by atoms with Crippen molar-refractivity contribution in [3.05, 3.63) is 57.9 Å². The van der Waals surface area contributed by atoms with Crippen LogP contribution in [0.15, 0.2) is 42.5 Å². The van der Waals surface area contributed by atoms with Crippen LogP contribution in [0.25, 0.3) is 10.1 Å². The van der Waals surface area contributed by atoms with Crippen molar-refractivity contribution in [3.8, 4) is 5.75 Å². The van der Waals surface area contributed by atoms with Crippen LogP contribution >= 0.6 is 22.9 Å². The zero-order valence-electron chi connectivity index (χ0n) is 14.3. The van der Waals surface area contributed by atoms with E-state index in [0.717, 1.165) is 27.9 Å². The quantitative estimate of drug-likeness (QED) is 0.562. The van der Waals surface area contributed by atoms with E-state index in [0.29, 0.717) is 9.90 Å². The second-order valence-corrected chi connectivity index (χ2v) is 7.29. The first-order valence-corrected chi connectivity index (χ1v) is 9.48. The number of hydrogen-bond acceptors (Lipinski definition) is 3. The maximum Gasteiger partial charge on any atom is 0.267 e. The lowest BCUT2D eigenvalue weighted by Crippen LogP contribution is -2.10. The zero-order valence-corrected chi connectivity index (χ0v) is 15.8.